The first-order valence-corrected chi connectivity index (χ1v) is 7.73. The molecule has 0 aliphatic heterocycles. The van der Waals surface area contributed by atoms with E-state index in [0.717, 1.165) is 16.9 Å². The SMILES string of the molecule is CO[C@@H](C(=O)NCc1ccn(-c2ccccc2)n1)c1ccccc1. The highest BCUT2D eigenvalue weighted by atomic mass is 16.5. The maximum absolute atomic E-state index is 12.4. The summed E-state index contributed by atoms with van der Waals surface area (Å²) in [7, 11) is 1.53. The Morgan fingerprint density at radius 2 is 1.75 bits per heavy atom. The molecule has 122 valence electrons. The monoisotopic (exact) mass is 321 g/mol. The van der Waals surface area contributed by atoms with Crippen LogP contribution in [0.3, 0.4) is 0 Å². The fourth-order valence-corrected chi connectivity index (χ4v) is 2.47. The Bertz CT molecular complexity index is 785. The van der Waals surface area contributed by atoms with Crippen LogP contribution in [0.25, 0.3) is 5.69 Å². The van der Waals surface area contributed by atoms with E-state index >= 15 is 0 Å². The molecule has 5 heteroatoms. The van der Waals surface area contributed by atoms with E-state index in [1.165, 1.54) is 7.11 Å². The summed E-state index contributed by atoms with van der Waals surface area (Å²) >= 11 is 0. The minimum atomic E-state index is -0.623. The van der Waals surface area contributed by atoms with Gasteiger partial charge in [-0.1, -0.05) is 48.5 Å². The molecule has 0 unspecified atom stereocenters. The van der Waals surface area contributed by atoms with Gasteiger partial charge >= 0.3 is 0 Å². The van der Waals surface area contributed by atoms with E-state index in [-0.39, 0.29) is 5.91 Å². The Morgan fingerprint density at radius 3 is 2.42 bits per heavy atom. The molecule has 0 saturated heterocycles. The number of carbonyl (C=O) groups excluding carboxylic acids is 1. The van der Waals surface area contributed by atoms with Crippen molar-refractivity contribution in [3.63, 3.8) is 0 Å². The number of hydrogen-bond acceptors (Lipinski definition) is 3. The molecular weight excluding hydrogens is 302 g/mol. The highest BCUT2D eigenvalue weighted by molar-refractivity contribution is 5.82. The second-order valence-electron chi connectivity index (χ2n) is 5.33. The molecule has 0 saturated carbocycles. The number of nitrogens with zero attached hydrogens (tertiary/aromatic N) is 2. The molecule has 0 spiro atoms. The lowest BCUT2D eigenvalue weighted by Crippen LogP contribution is -2.30. The van der Waals surface area contributed by atoms with Crippen molar-refractivity contribution >= 4 is 5.91 Å². The molecule has 1 amide bonds. The van der Waals surface area contributed by atoms with Gasteiger partial charge in [0, 0.05) is 13.3 Å². The molecule has 0 fully saturated rings. The lowest BCUT2D eigenvalue weighted by molar-refractivity contribution is -0.131. The molecule has 0 radical (unpaired) electrons. The fraction of sp³-hybridized carbons (Fsp3) is 0.158. The van der Waals surface area contributed by atoms with Gasteiger partial charge in [-0.2, -0.15) is 5.10 Å². The standard InChI is InChI=1S/C19H19N3O2/c1-24-18(15-8-4-2-5-9-15)19(23)20-14-16-12-13-22(21-16)17-10-6-3-7-11-17/h2-13,18H,14H2,1H3,(H,20,23)/t18-/m1/s1. The first kappa shape index (κ1) is 16.0. The molecule has 0 bridgehead atoms. The number of methoxy groups -OCH3 is 1. The van der Waals surface area contributed by atoms with Crippen molar-refractivity contribution in [3.05, 3.63) is 84.2 Å². The number of nitrogens with one attached hydrogen (secondary N) is 1. The summed E-state index contributed by atoms with van der Waals surface area (Å²) in [5.74, 6) is -0.182. The number of carbonyl (C=O) groups is 1. The fourth-order valence-electron chi connectivity index (χ4n) is 2.47. The zero-order valence-electron chi connectivity index (χ0n) is 13.4. The van der Waals surface area contributed by atoms with Crippen LogP contribution in [-0.2, 0) is 16.1 Å². The lowest BCUT2D eigenvalue weighted by atomic mass is 10.1. The van der Waals surface area contributed by atoms with Crippen molar-refractivity contribution in [2.75, 3.05) is 7.11 Å². The van der Waals surface area contributed by atoms with Crippen LogP contribution in [0.5, 0.6) is 0 Å². The van der Waals surface area contributed by atoms with Gasteiger partial charge in [0.15, 0.2) is 6.10 Å². The van der Waals surface area contributed by atoms with Crippen LogP contribution in [-0.4, -0.2) is 22.8 Å². The normalized spacial score (nSPS) is 11.9. The summed E-state index contributed by atoms with van der Waals surface area (Å²) in [4.78, 5) is 12.4. The Labute approximate surface area is 140 Å². The first-order chi connectivity index (χ1) is 11.8. The van der Waals surface area contributed by atoms with E-state index < -0.39 is 6.10 Å². The molecule has 1 aromatic heterocycles. The minimum Gasteiger partial charge on any atom is -0.367 e. The number of aromatic nitrogens is 2. The van der Waals surface area contributed by atoms with Crippen LogP contribution < -0.4 is 5.32 Å². The second-order valence-corrected chi connectivity index (χ2v) is 5.33. The first-order valence-electron chi connectivity index (χ1n) is 7.73. The Hall–Kier alpha value is -2.92. The lowest BCUT2D eigenvalue weighted by Gasteiger charge is -2.15. The van der Waals surface area contributed by atoms with Crippen LogP contribution in [0.2, 0.25) is 0 Å². The van der Waals surface area contributed by atoms with Gasteiger partial charge in [0.2, 0.25) is 0 Å². The second kappa shape index (κ2) is 7.57. The third kappa shape index (κ3) is 3.70. The van der Waals surface area contributed by atoms with Gasteiger partial charge in [-0.25, -0.2) is 4.68 Å². The number of ether oxygens (including phenoxy) is 1. The summed E-state index contributed by atoms with van der Waals surface area (Å²) in [6, 6.07) is 21.1. The zero-order valence-corrected chi connectivity index (χ0v) is 13.4. The van der Waals surface area contributed by atoms with E-state index in [4.69, 9.17) is 4.74 Å². The summed E-state index contributed by atoms with van der Waals surface area (Å²) in [5, 5.41) is 7.34. The highest BCUT2D eigenvalue weighted by Crippen LogP contribution is 2.16. The largest absolute Gasteiger partial charge is 0.367 e. The van der Waals surface area contributed by atoms with Gasteiger partial charge in [-0.05, 0) is 23.8 Å². The molecule has 24 heavy (non-hydrogen) atoms. The molecule has 1 atom stereocenters. The number of benzene rings is 2. The number of rotatable bonds is 6. The molecule has 1 heterocycles. The number of amides is 1. The zero-order chi connectivity index (χ0) is 16.8. The third-order valence-corrected chi connectivity index (χ3v) is 3.68. The van der Waals surface area contributed by atoms with Gasteiger partial charge in [-0.3, -0.25) is 4.79 Å². The summed E-state index contributed by atoms with van der Waals surface area (Å²) in [6.07, 6.45) is 1.25. The number of hydrogen-bond donors (Lipinski definition) is 1. The summed E-state index contributed by atoms with van der Waals surface area (Å²) in [6.45, 7) is 0.353. The van der Waals surface area contributed by atoms with Crippen molar-refractivity contribution in [1.82, 2.24) is 15.1 Å². The molecule has 0 aliphatic carbocycles. The Morgan fingerprint density at radius 1 is 1.08 bits per heavy atom. The van der Waals surface area contributed by atoms with Gasteiger partial charge in [-0.15, -0.1) is 0 Å². The molecule has 2 aromatic carbocycles. The molecule has 3 aromatic rings. The van der Waals surface area contributed by atoms with Gasteiger partial charge in [0.1, 0.15) is 0 Å². The van der Waals surface area contributed by atoms with Crippen molar-refractivity contribution in [1.29, 1.82) is 0 Å². The van der Waals surface area contributed by atoms with Crippen LogP contribution in [0.4, 0.5) is 0 Å². The highest BCUT2D eigenvalue weighted by Gasteiger charge is 2.19. The molecule has 0 aliphatic rings. The quantitative estimate of drug-likeness (QED) is 0.759. The predicted octanol–water partition coefficient (Wildman–Crippen LogP) is 2.88. The smallest absolute Gasteiger partial charge is 0.254 e. The van der Waals surface area contributed by atoms with Crippen LogP contribution in [0.15, 0.2) is 72.9 Å². The van der Waals surface area contributed by atoms with Crippen molar-refractivity contribution in [3.8, 4) is 5.69 Å². The van der Waals surface area contributed by atoms with Crippen LogP contribution >= 0.6 is 0 Å². The van der Waals surface area contributed by atoms with Gasteiger partial charge in [0.25, 0.3) is 5.91 Å². The molecule has 3 rings (SSSR count). The Kier molecular flexibility index (Phi) is 5.03. The molecular formula is C19H19N3O2. The van der Waals surface area contributed by atoms with E-state index in [0.29, 0.717) is 6.54 Å². The van der Waals surface area contributed by atoms with E-state index in [1.54, 1.807) is 4.68 Å². The minimum absolute atomic E-state index is 0.182. The van der Waals surface area contributed by atoms with Crippen LogP contribution in [0.1, 0.15) is 17.4 Å². The van der Waals surface area contributed by atoms with Crippen molar-refractivity contribution < 1.29 is 9.53 Å². The summed E-state index contributed by atoms with van der Waals surface area (Å²) in [5.41, 5.74) is 2.59. The maximum Gasteiger partial charge on any atom is 0.254 e. The summed E-state index contributed by atoms with van der Waals surface area (Å²) < 4.78 is 7.11. The van der Waals surface area contributed by atoms with E-state index in [9.17, 15) is 4.79 Å². The van der Waals surface area contributed by atoms with Gasteiger partial charge < -0.3 is 10.1 Å². The van der Waals surface area contributed by atoms with Crippen LogP contribution in [0, 0.1) is 0 Å². The third-order valence-electron chi connectivity index (χ3n) is 3.68. The average molecular weight is 321 g/mol. The van der Waals surface area contributed by atoms with Crippen molar-refractivity contribution in [2.45, 2.75) is 12.6 Å². The van der Waals surface area contributed by atoms with E-state index in [2.05, 4.69) is 10.4 Å². The Balaban J connectivity index is 1.63. The molecule has 5 nitrogen and oxygen atoms in total. The molecule has 1 N–H and O–H groups in total. The van der Waals surface area contributed by atoms with E-state index in [1.807, 2.05) is 72.9 Å². The predicted molar refractivity (Wildman–Crippen MR) is 91.6 cm³/mol. The van der Waals surface area contributed by atoms with Gasteiger partial charge in [0.05, 0.1) is 17.9 Å². The maximum atomic E-state index is 12.4. The number of para-hydroxylation sites is 1. The average Bonchev–Trinajstić information content (AvgIpc) is 3.11. The van der Waals surface area contributed by atoms with Crippen molar-refractivity contribution in [2.24, 2.45) is 0 Å². The topological polar surface area (TPSA) is 56.1 Å².